The van der Waals surface area contributed by atoms with E-state index in [1.807, 2.05) is 6.07 Å². The molecular weight excluding hydrogens is 460 g/mol. The second kappa shape index (κ2) is 10.7. The summed E-state index contributed by atoms with van der Waals surface area (Å²) in [6.07, 6.45) is 8.59. The van der Waals surface area contributed by atoms with Crippen LogP contribution >= 0.6 is 0 Å². The summed E-state index contributed by atoms with van der Waals surface area (Å²) in [6, 6.07) is 8.52. The lowest BCUT2D eigenvalue weighted by Gasteiger charge is -2.30. The van der Waals surface area contributed by atoms with Crippen LogP contribution in [0.3, 0.4) is 0 Å². The third kappa shape index (κ3) is 5.45. The normalized spacial score (nSPS) is 16.5. The van der Waals surface area contributed by atoms with E-state index in [2.05, 4.69) is 30.3 Å². The topological polar surface area (TPSA) is 126 Å². The SMILES string of the molecule is Cc1cc(-c2ccc(/C=N\Nc3nc(N4CCCCC4)nc(N4CCCCC4)n3)o2)ccc1[N+](=O)[O-]. The van der Waals surface area contributed by atoms with Gasteiger partial charge in [0.1, 0.15) is 11.5 Å². The van der Waals surface area contributed by atoms with Gasteiger partial charge in [0.15, 0.2) is 0 Å². The van der Waals surface area contributed by atoms with Gasteiger partial charge < -0.3 is 14.2 Å². The molecule has 3 aromatic rings. The Morgan fingerprint density at radius 1 is 0.944 bits per heavy atom. The second-order valence-corrected chi connectivity index (χ2v) is 9.18. The molecule has 2 saturated heterocycles. The lowest BCUT2D eigenvalue weighted by molar-refractivity contribution is -0.385. The highest BCUT2D eigenvalue weighted by atomic mass is 16.6. The monoisotopic (exact) mass is 490 g/mol. The molecule has 2 fully saturated rings. The Morgan fingerprint density at radius 3 is 2.17 bits per heavy atom. The number of hydrogen-bond acceptors (Lipinski definition) is 10. The van der Waals surface area contributed by atoms with Gasteiger partial charge in [0.25, 0.3) is 5.69 Å². The van der Waals surface area contributed by atoms with Gasteiger partial charge in [0.05, 0.1) is 11.1 Å². The summed E-state index contributed by atoms with van der Waals surface area (Å²) < 4.78 is 5.87. The van der Waals surface area contributed by atoms with Gasteiger partial charge in [-0.25, -0.2) is 5.43 Å². The number of nitro benzene ring substituents is 1. The van der Waals surface area contributed by atoms with Crippen molar-refractivity contribution in [3.05, 3.63) is 51.8 Å². The lowest BCUT2D eigenvalue weighted by Crippen LogP contribution is -2.34. The number of anilines is 3. The zero-order valence-electron chi connectivity index (χ0n) is 20.4. The number of furan rings is 1. The van der Waals surface area contributed by atoms with Crippen LogP contribution in [0.25, 0.3) is 11.3 Å². The number of rotatable bonds is 7. The molecule has 2 aliphatic rings. The van der Waals surface area contributed by atoms with Crippen molar-refractivity contribution in [1.82, 2.24) is 15.0 Å². The van der Waals surface area contributed by atoms with Gasteiger partial charge >= 0.3 is 0 Å². The van der Waals surface area contributed by atoms with Gasteiger partial charge in [0.2, 0.25) is 17.8 Å². The Morgan fingerprint density at radius 2 is 1.58 bits per heavy atom. The van der Waals surface area contributed by atoms with Gasteiger partial charge in [-0.2, -0.15) is 20.1 Å². The first-order valence-electron chi connectivity index (χ1n) is 12.5. The molecule has 0 radical (unpaired) electrons. The lowest BCUT2D eigenvalue weighted by atomic mass is 10.1. The van der Waals surface area contributed by atoms with E-state index in [1.165, 1.54) is 18.9 Å². The van der Waals surface area contributed by atoms with Crippen LogP contribution < -0.4 is 15.2 Å². The van der Waals surface area contributed by atoms with Crippen molar-refractivity contribution in [3.8, 4) is 11.3 Å². The minimum atomic E-state index is -0.389. The molecule has 188 valence electrons. The maximum absolute atomic E-state index is 11.1. The molecule has 0 atom stereocenters. The van der Waals surface area contributed by atoms with Gasteiger partial charge in [-0.15, -0.1) is 0 Å². The number of nitrogens with zero attached hydrogens (tertiary/aromatic N) is 7. The minimum Gasteiger partial charge on any atom is -0.455 e. The van der Waals surface area contributed by atoms with Crippen molar-refractivity contribution in [2.45, 2.75) is 45.4 Å². The highest BCUT2D eigenvalue weighted by Gasteiger charge is 2.20. The summed E-state index contributed by atoms with van der Waals surface area (Å²) in [6.45, 7) is 5.50. The van der Waals surface area contributed by atoms with Crippen molar-refractivity contribution >= 4 is 29.7 Å². The van der Waals surface area contributed by atoms with Crippen LogP contribution in [-0.4, -0.2) is 52.3 Å². The van der Waals surface area contributed by atoms with Crippen LogP contribution in [0.5, 0.6) is 0 Å². The van der Waals surface area contributed by atoms with E-state index in [1.54, 1.807) is 31.3 Å². The van der Waals surface area contributed by atoms with Gasteiger partial charge in [-0.1, -0.05) is 0 Å². The molecule has 0 aliphatic carbocycles. The predicted octanol–water partition coefficient (Wildman–Crippen LogP) is 4.77. The van der Waals surface area contributed by atoms with Crippen LogP contribution in [0, 0.1) is 17.0 Å². The number of hydrazone groups is 1. The molecule has 2 aliphatic heterocycles. The molecule has 4 heterocycles. The van der Waals surface area contributed by atoms with E-state index in [-0.39, 0.29) is 10.6 Å². The molecule has 0 saturated carbocycles. The highest BCUT2D eigenvalue weighted by Crippen LogP contribution is 2.27. The van der Waals surface area contributed by atoms with Crippen LogP contribution in [-0.2, 0) is 0 Å². The molecule has 1 N–H and O–H groups in total. The Hall–Kier alpha value is -4.02. The van der Waals surface area contributed by atoms with Crippen molar-refractivity contribution in [1.29, 1.82) is 0 Å². The van der Waals surface area contributed by atoms with E-state index in [9.17, 15) is 10.1 Å². The average Bonchev–Trinajstić information content (AvgIpc) is 3.38. The molecule has 0 spiro atoms. The zero-order chi connectivity index (χ0) is 24.9. The summed E-state index contributed by atoms with van der Waals surface area (Å²) in [4.78, 5) is 29.2. The Bertz CT molecular complexity index is 1210. The molecule has 0 bridgehead atoms. The molecule has 0 unspecified atom stereocenters. The molecule has 36 heavy (non-hydrogen) atoms. The van der Waals surface area contributed by atoms with Crippen molar-refractivity contribution in [2.75, 3.05) is 41.4 Å². The maximum Gasteiger partial charge on any atom is 0.272 e. The van der Waals surface area contributed by atoms with Gasteiger partial charge in [-0.05, 0) is 69.7 Å². The van der Waals surface area contributed by atoms with E-state index in [0.29, 0.717) is 34.9 Å². The van der Waals surface area contributed by atoms with Crippen LogP contribution in [0.15, 0.2) is 39.9 Å². The Labute approximate surface area is 209 Å². The van der Waals surface area contributed by atoms with E-state index in [4.69, 9.17) is 9.40 Å². The average molecular weight is 491 g/mol. The first-order chi connectivity index (χ1) is 17.6. The van der Waals surface area contributed by atoms with Crippen LogP contribution in [0.4, 0.5) is 23.5 Å². The van der Waals surface area contributed by atoms with Gasteiger partial charge in [0, 0.05) is 43.4 Å². The van der Waals surface area contributed by atoms with E-state index >= 15 is 0 Å². The summed E-state index contributed by atoms with van der Waals surface area (Å²) in [7, 11) is 0. The zero-order valence-corrected chi connectivity index (χ0v) is 20.4. The summed E-state index contributed by atoms with van der Waals surface area (Å²) in [5.41, 5.74) is 4.38. The molecular formula is C25H30N8O3. The third-order valence-corrected chi connectivity index (χ3v) is 6.55. The molecule has 2 aromatic heterocycles. The summed E-state index contributed by atoms with van der Waals surface area (Å²) in [5, 5.41) is 15.4. The molecule has 11 heteroatoms. The predicted molar refractivity (Wildman–Crippen MR) is 139 cm³/mol. The van der Waals surface area contributed by atoms with Crippen LogP contribution in [0.1, 0.15) is 49.8 Å². The van der Waals surface area contributed by atoms with Crippen molar-refractivity contribution in [2.24, 2.45) is 5.10 Å². The molecule has 1 aromatic carbocycles. The fourth-order valence-corrected chi connectivity index (χ4v) is 4.62. The largest absolute Gasteiger partial charge is 0.455 e. The summed E-state index contributed by atoms with van der Waals surface area (Å²) >= 11 is 0. The fraction of sp³-hybridized carbons (Fsp3) is 0.440. The molecule has 11 nitrogen and oxygen atoms in total. The number of nitro groups is 1. The standard InChI is InChI=1S/C25H30N8O3/c1-18-16-19(8-10-21(18)33(34)35)22-11-9-20(36-22)17-26-30-23-27-24(31-12-4-2-5-13-31)29-25(28-23)32-14-6-3-7-15-32/h8-11,16-17H,2-7,12-15H2,1H3,(H,27,28,29,30)/b26-17-. The number of aromatic nitrogens is 3. The smallest absolute Gasteiger partial charge is 0.272 e. The number of hydrogen-bond donors (Lipinski definition) is 1. The first-order valence-corrected chi connectivity index (χ1v) is 12.5. The number of benzene rings is 1. The quantitative estimate of drug-likeness (QED) is 0.283. The van der Waals surface area contributed by atoms with E-state index < -0.39 is 0 Å². The maximum atomic E-state index is 11.1. The van der Waals surface area contributed by atoms with E-state index in [0.717, 1.165) is 57.4 Å². The first kappa shape index (κ1) is 23.7. The fourth-order valence-electron chi connectivity index (χ4n) is 4.62. The summed E-state index contributed by atoms with van der Waals surface area (Å²) in [5.74, 6) is 2.93. The number of nitrogens with one attached hydrogen (secondary N) is 1. The number of piperidine rings is 2. The minimum absolute atomic E-state index is 0.0847. The third-order valence-electron chi connectivity index (χ3n) is 6.55. The molecule has 0 amide bonds. The Balaban J connectivity index is 1.32. The number of aryl methyl sites for hydroxylation is 1. The Kier molecular flexibility index (Phi) is 7.06. The van der Waals surface area contributed by atoms with Crippen molar-refractivity contribution < 1.29 is 9.34 Å². The second-order valence-electron chi connectivity index (χ2n) is 9.18. The highest BCUT2D eigenvalue weighted by molar-refractivity contribution is 5.78. The molecule has 5 rings (SSSR count). The van der Waals surface area contributed by atoms with Gasteiger partial charge in [-0.3, -0.25) is 10.1 Å². The van der Waals surface area contributed by atoms with Crippen LogP contribution in [0.2, 0.25) is 0 Å². The van der Waals surface area contributed by atoms with Crippen molar-refractivity contribution in [3.63, 3.8) is 0 Å².